The lowest BCUT2D eigenvalue weighted by Crippen LogP contribution is -1.97. The van der Waals surface area contributed by atoms with Crippen LogP contribution in [0.2, 0.25) is 5.02 Å². The zero-order valence-electron chi connectivity index (χ0n) is 8.98. The highest BCUT2D eigenvalue weighted by molar-refractivity contribution is 7.99. The van der Waals surface area contributed by atoms with E-state index >= 15 is 0 Å². The molecule has 2 N–H and O–H groups in total. The number of imidazole rings is 1. The fourth-order valence-corrected chi connectivity index (χ4v) is 2.07. The summed E-state index contributed by atoms with van der Waals surface area (Å²) in [5, 5.41) is 9.07. The number of aromatic amines is 1. The smallest absolute Gasteiger partial charge is 0.313 e. The maximum atomic E-state index is 13.0. The van der Waals surface area contributed by atoms with Crippen LogP contribution < -0.4 is 0 Å². The number of hydrogen-bond donors (Lipinski definition) is 2. The van der Waals surface area contributed by atoms with Gasteiger partial charge in [0.2, 0.25) is 0 Å². The van der Waals surface area contributed by atoms with Crippen molar-refractivity contribution in [3.63, 3.8) is 0 Å². The summed E-state index contributed by atoms with van der Waals surface area (Å²) in [5.41, 5.74) is 1.35. The van der Waals surface area contributed by atoms with Gasteiger partial charge in [-0.05, 0) is 18.2 Å². The van der Waals surface area contributed by atoms with Crippen LogP contribution in [0.25, 0.3) is 11.3 Å². The third kappa shape index (κ3) is 3.02. The van der Waals surface area contributed by atoms with Crippen molar-refractivity contribution in [1.29, 1.82) is 0 Å². The molecule has 2 rings (SSSR count). The number of aromatic nitrogens is 2. The van der Waals surface area contributed by atoms with Gasteiger partial charge in [0.25, 0.3) is 0 Å². The van der Waals surface area contributed by atoms with Crippen LogP contribution in [0, 0.1) is 5.82 Å². The Bertz CT molecular complexity index is 588. The predicted octanol–water partition coefficient (Wildman–Crippen LogP) is 3.05. The third-order valence-corrected chi connectivity index (χ3v) is 3.28. The van der Waals surface area contributed by atoms with Gasteiger partial charge in [0.05, 0.1) is 22.7 Å². The number of halogens is 2. The van der Waals surface area contributed by atoms with E-state index in [9.17, 15) is 9.18 Å². The molecule has 0 aliphatic carbocycles. The second-order valence-corrected chi connectivity index (χ2v) is 4.78. The van der Waals surface area contributed by atoms with Crippen molar-refractivity contribution >= 4 is 29.3 Å². The van der Waals surface area contributed by atoms with E-state index in [0.29, 0.717) is 16.4 Å². The van der Waals surface area contributed by atoms with Gasteiger partial charge in [-0.15, -0.1) is 0 Å². The molecule has 0 unspecified atom stereocenters. The summed E-state index contributed by atoms with van der Waals surface area (Å²) < 4.78 is 13.0. The van der Waals surface area contributed by atoms with Crippen molar-refractivity contribution in [3.05, 3.63) is 35.2 Å². The second kappa shape index (κ2) is 5.41. The number of H-pyrrole nitrogens is 1. The molecule has 1 aromatic carbocycles. The van der Waals surface area contributed by atoms with Gasteiger partial charge >= 0.3 is 5.97 Å². The standard InChI is InChI=1S/C11H8ClFN2O2S/c12-7-3-6(1-2-8(7)13)9-4-14-11(15-9)18-5-10(16)17/h1-4H,5H2,(H,14,15)(H,16,17). The molecular weight excluding hydrogens is 279 g/mol. The number of nitrogens with zero attached hydrogens (tertiary/aromatic N) is 1. The maximum absolute atomic E-state index is 13.0. The first kappa shape index (κ1) is 12.9. The molecule has 0 aliphatic heterocycles. The second-order valence-electron chi connectivity index (χ2n) is 3.41. The van der Waals surface area contributed by atoms with Gasteiger partial charge in [-0.2, -0.15) is 0 Å². The Morgan fingerprint density at radius 2 is 2.33 bits per heavy atom. The van der Waals surface area contributed by atoms with Crippen molar-refractivity contribution in [2.24, 2.45) is 0 Å². The molecule has 0 aliphatic rings. The Hall–Kier alpha value is -1.53. The Labute approximate surface area is 111 Å². The number of rotatable bonds is 4. The summed E-state index contributed by atoms with van der Waals surface area (Å²) in [7, 11) is 0. The van der Waals surface area contributed by atoms with Crippen LogP contribution in [-0.4, -0.2) is 26.8 Å². The van der Waals surface area contributed by atoms with E-state index in [1.807, 2.05) is 0 Å². The van der Waals surface area contributed by atoms with E-state index in [0.717, 1.165) is 11.8 Å². The monoisotopic (exact) mass is 286 g/mol. The van der Waals surface area contributed by atoms with Gasteiger partial charge in [-0.25, -0.2) is 9.37 Å². The van der Waals surface area contributed by atoms with Gasteiger partial charge in [0.1, 0.15) is 5.82 Å². The molecule has 0 saturated heterocycles. The first-order chi connectivity index (χ1) is 8.56. The summed E-state index contributed by atoms with van der Waals surface area (Å²) in [5.74, 6) is -1.47. The lowest BCUT2D eigenvalue weighted by atomic mass is 10.2. The van der Waals surface area contributed by atoms with Gasteiger partial charge < -0.3 is 10.1 Å². The van der Waals surface area contributed by atoms with E-state index < -0.39 is 11.8 Å². The predicted molar refractivity (Wildman–Crippen MR) is 67.4 cm³/mol. The molecule has 7 heteroatoms. The molecule has 0 saturated carbocycles. The van der Waals surface area contributed by atoms with Crippen LogP contribution in [0.1, 0.15) is 0 Å². The number of carboxylic acid groups (broad SMARTS) is 1. The maximum Gasteiger partial charge on any atom is 0.313 e. The van der Waals surface area contributed by atoms with Crippen LogP contribution >= 0.6 is 23.4 Å². The molecule has 0 fully saturated rings. The van der Waals surface area contributed by atoms with E-state index in [1.54, 1.807) is 12.3 Å². The van der Waals surface area contributed by atoms with Crippen molar-refractivity contribution in [2.45, 2.75) is 5.16 Å². The molecule has 2 aromatic rings. The first-order valence-electron chi connectivity index (χ1n) is 4.91. The van der Waals surface area contributed by atoms with Gasteiger partial charge in [-0.3, -0.25) is 4.79 Å². The summed E-state index contributed by atoms with van der Waals surface area (Å²) in [6.07, 6.45) is 1.55. The molecule has 0 amide bonds. The average molecular weight is 287 g/mol. The van der Waals surface area contributed by atoms with E-state index in [-0.39, 0.29) is 10.8 Å². The molecule has 1 aromatic heterocycles. The van der Waals surface area contributed by atoms with Crippen LogP contribution in [0.5, 0.6) is 0 Å². The average Bonchev–Trinajstić information content (AvgIpc) is 2.79. The molecule has 0 radical (unpaired) electrons. The summed E-state index contributed by atoms with van der Waals surface area (Å²) in [6, 6.07) is 4.32. The fourth-order valence-electron chi connectivity index (χ4n) is 1.32. The minimum Gasteiger partial charge on any atom is -0.481 e. The summed E-state index contributed by atoms with van der Waals surface area (Å²) in [4.78, 5) is 17.4. The molecule has 0 atom stereocenters. The van der Waals surface area contributed by atoms with E-state index in [4.69, 9.17) is 16.7 Å². The summed E-state index contributed by atoms with van der Waals surface area (Å²) >= 11 is 6.76. The van der Waals surface area contributed by atoms with Crippen LogP contribution in [-0.2, 0) is 4.79 Å². The number of carbonyl (C=O) groups is 1. The molecular formula is C11H8ClFN2O2S. The van der Waals surface area contributed by atoms with E-state index in [1.165, 1.54) is 12.1 Å². The first-order valence-corrected chi connectivity index (χ1v) is 6.27. The Morgan fingerprint density at radius 1 is 1.56 bits per heavy atom. The van der Waals surface area contributed by atoms with E-state index in [2.05, 4.69) is 9.97 Å². The molecule has 4 nitrogen and oxygen atoms in total. The van der Waals surface area contributed by atoms with Gasteiger partial charge in [0.15, 0.2) is 5.16 Å². The number of nitrogens with one attached hydrogen (secondary N) is 1. The highest BCUT2D eigenvalue weighted by Crippen LogP contribution is 2.25. The molecule has 0 bridgehead atoms. The van der Waals surface area contributed by atoms with Crippen LogP contribution in [0.15, 0.2) is 29.6 Å². The van der Waals surface area contributed by atoms with Gasteiger partial charge in [0, 0.05) is 5.56 Å². The Morgan fingerprint density at radius 3 is 3.00 bits per heavy atom. The van der Waals surface area contributed by atoms with Crippen LogP contribution in [0.3, 0.4) is 0 Å². The molecule has 1 heterocycles. The summed E-state index contributed by atoms with van der Waals surface area (Å²) in [6.45, 7) is 0. The van der Waals surface area contributed by atoms with Crippen molar-refractivity contribution < 1.29 is 14.3 Å². The zero-order valence-corrected chi connectivity index (χ0v) is 10.6. The molecule has 18 heavy (non-hydrogen) atoms. The van der Waals surface area contributed by atoms with Crippen molar-refractivity contribution in [2.75, 3.05) is 5.75 Å². The topological polar surface area (TPSA) is 66.0 Å². The van der Waals surface area contributed by atoms with Crippen LogP contribution in [0.4, 0.5) is 4.39 Å². The van der Waals surface area contributed by atoms with Crippen molar-refractivity contribution in [3.8, 4) is 11.3 Å². The number of thioether (sulfide) groups is 1. The molecule has 0 spiro atoms. The Balaban J connectivity index is 2.18. The third-order valence-electron chi connectivity index (χ3n) is 2.12. The highest BCUT2D eigenvalue weighted by atomic mass is 35.5. The number of aliphatic carboxylic acids is 1. The van der Waals surface area contributed by atoms with Crippen molar-refractivity contribution in [1.82, 2.24) is 9.97 Å². The normalized spacial score (nSPS) is 10.6. The zero-order chi connectivity index (χ0) is 13.1. The highest BCUT2D eigenvalue weighted by Gasteiger charge is 2.08. The number of carboxylic acids is 1. The number of benzene rings is 1. The fraction of sp³-hybridized carbons (Fsp3) is 0.0909. The SMILES string of the molecule is O=C(O)CSc1ncc(-c2ccc(F)c(Cl)c2)[nH]1. The minimum atomic E-state index is -0.914. The Kier molecular flexibility index (Phi) is 3.88. The molecule has 94 valence electrons. The lowest BCUT2D eigenvalue weighted by molar-refractivity contribution is -0.133. The minimum absolute atomic E-state index is 0.0295. The number of hydrogen-bond acceptors (Lipinski definition) is 3. The largest absolute Gasteiger partial charge is 0.481 e. The quantitative estimate of drug-likeness (QED) is 0.848. The lowest BCUT2D eigenvalue weighted by Gasteiger charge is -1.99. The van der Waals surface area contributed by atoms with Gasteiger partial charge in [-0.1, -0.05) is 23.4 Å².